The van der Waals surface area contributed by atoms with E-state index < -0.39 is 14.9 Å². The van der Waals surface area contributed by atoms with Gasteiger partial charge in [-0.15, -0.1) is 0 Å². The number of sulfonamides is 1. The highest BCUT2D eigenvalue weighted by atomic mass is 32.2. The number of benzene rings is 1. The Morgan fingerprint density at radius 1 is 1.39 bits per heavy atom. The molecule has 0 saturated heterocycles. The van der Waals surface area contributed by atoms with E-state index in [4.69, 9.17) is 0 Å². The number of hydrogen-bond donors (Lipinski definition) is 1. The van der Waals surface area contributed by atoms with Crippen LogP contribution in [0.15, 0.2) is 18.2 Å². The summed E-state index contributed by atoms with van der Waals surface area (Å²) in [6.07, 6.45) is 1.33. The van der Waals surface area contributed by atoms with E-state index in [-0.39, 0.29) is 17.1 Å². The summed E-state index contributed by atoms with van der Waals surface area (Å²) >= 11 is 0. The van der Waals surface area contributed by atoms with Crippen molar-refractivity contribution >= 4 is 21.4 Å². The summed E-state index contributed by atoms with van der Waals surface area (Å²) in [6.45, 7) is 3.59. The van der Waals surface area contributed by atoms with Crippen molar-refractivity contribution in [3.63, 3.8) is 0 Å². The van der Waals surface area contributed by atoms with Crippen LogP contribution in [0.5, 0.6) is 0 Å². The van der Waals surface area contributed by atoms with E-state index >= 15 is 0 Å². The largest absolute Gasteiger partial charge is 0.283 e. The average molecular weight is 272 g/mol. The summed E-state index contributed by atoms with van der Waals surface area (Å²) in [5, 5.41) is 10.6. The number of hydrogen-bond acceptors (Lipinski definition) is 4. The van der Waals surface area contributed by atoms with Crippen molar-refractivity contribution in [1.29, 1.82) is 0 Å². The lowest BCUT2D eigenvalue weighted by Gasteiger charge is -2.09. The van der Waals surface area contributed by atoms with Crippen LogP contribution >= 0.6 is 0 Å². The van der Waals surface area contributed by atoms with Gasteiger partial charge in [0.25, 0.3) is 5.69 Å². The first-order valence-corrected chi connectivity index (χ1v) is 7.26. The molecular formula is C11H16N2O4S. The molecule has 1 aromatic carbocycles. The number of nitrogens with zero attached hydrogens (tertiary/aromatic N) is 1. The van der Waals surface area contributed by atoms with Crippen LogP contribution in [0.3, 0.4) is 0 Å². The SMILES string of the molecule is CCCCS(=O)(=O)Nc1cc([N+](=O)[O-])ccc1C. The monoisotopic (exact) mass is 272 g/mol. The topological polar surface area (TPSA) is 89.3 Å². The number of nitro groups is 1. The van der Waals surface area contributed by atoms with Gasteiger partial charge in [0.05, 0.1) is 16.4 Å². The maximum absolute atomic E-state index is 11.7. The molecule has 0 saturated carbocycles. The van der Waals surface area contributed by atoms with Crippen molar-refractivity contribution in [3.8, 4) is 0 Å². The Bertz CT molecular complexity index is 540. The highest BCUT2D eigenvalue weighted by molar-refractivity contribution is 7.92. The van der Waals surface area contributed by atoms with Gasteiger partial charge in [-0.05, 0) is 18.9 Å². The van der Waals surface area contributed by atoms with Crippen molar-refractivity contribution in [1.82, 2.24) is 0 Å². The zero-order valence-corrected chi connectivity index (χ0v) is 11.2. The summed E-state index contributed by atoms with van der Waals surface area (Å²) in [6, 6.07) is 4.10. The molecule has 0 amide bonds. The van der Waals surface area contributed by atoms with E-state index in [0.29, 0.717) is 12.0 Å². The molecule has 0 aliphatic rings. The predicted molar refractivity (Wildman–Crippen MR) is 70.2 cm³/mol. The molecule has 7 heteroatoms. The lowest BCUT2D eigenvalue weighted by molar-refractivity contribution is -0.384. The standard InChI is InChI=1S/C11H16N2O4S/c1-3-4-7-18(16,17)12-11-8-10(13(14)15)6-5-9(11)2/h5-6,8,12H,3-4,7H2,1-2H3. The van der Waals surface area contributed by atoms with Crippen molar-refractivity contribution < 1.29 is 13.3 Å². The van der Waals surface area contributed by atoms with Crippen LogP contribution < -0.4 is 4.72 Å². The van der Waals surface area contributed by atoms with Crippen LogP contribution in [-0.4, -0.2) is 19.1 Å². The number of non-ortho nitro benzene ring substituents is 1. The van der Waals surface area contributed by atoms with E-state index in [2.05, 4.69) is 4.72 Å². The van der Waals surface area contributed by atoms with Gasteiger partial charge in [-0.2, -0.15) is 0 Å². The van der Waals surface area contributed by atoms with Gasteiger partial charge >= 0.3 is 0 Å². The summed E-state index contributed by atoms with van der Waals surface area (Å²) in [5.41, 5.74) is 0.787. The van der Waals surface area contributed by atoms with Gasteiger partial charge in [-0.3, -0.25) is 14.8 Å². The second-order valence-corrected chi connectivity index (χ2v) is 5.87. The Balaban J connectivity index is 2.96. The van der Waals surface area contributed by atoms with Gasteiger partial charge in [0.2, 0.25) is 10.0 Å². The molecule has 0 aromatic heterocycles. The van der Waals surface area contributed by atoms with E-state index in [9.17, 15) is 18.5 Å². The minimum absolute atomic E-state index is 0.0195. The molecule has 0 atom stereocenters. The maximum atomic E-state index is 11.7. The van der Waals surface area contributed by atoms with Crippen molar-refractivity contribution in [2.75, 3.05) is 10.5 Å². The lowest BCUT2D eigenvalue weighted by Crippen LogP contribution is -2.17. The fourth-order valence-corrected chi connectivity index (χ4v) is 2.71. The van der Waals surface area contributed by atoms with Crippen molar-refractivity contribution in [2.45, 2.75) is 26.7 Å². The normalized spacial score (nSPS) is 11.2. The zero-order valence-electron chi connectivity index (χ0n) is 10.3. The fourth-order valence-electron chi connectivity index (χ4n) is 1.39. The van der Waals surface area contributed by atoms with Crippen molar-refractivity contribution in [2.24, 2.45) is 0 Å². The minimum atomic E-state index is -3.43. The molecule has 0 heterocycles. The number of unbranched alkanes of at least 4 members (excludes halogenated alkanes) is 1. The molecule has 0 bridgehead atoms. The first-order valence-electron chi connectivity index (χ1n) is 5.61. The smallest absolute Gasteiger partial charge is 0.271 e. The maximum Gasteiger partial charge on any atom is 0.271 e. The number of nitro benzene ring substituents is 1. The number of aryl methyl sites for hydroxylation is 1. The molecule has 0 radical (unpaired) electrons. The Morgan fingerprint density at radius 3 is 2.61 bits per heavy atom. The first kappa shape index (κ1) is 14.4. The van der Waals surface area contributed by atoms with Gasteiger partial charge in [-0.1, -0.05) is 19.4 Å². The van der Waals surface area contributed by atoms with Gasteiger partial charge < -0.3 is 0 Å². The molecule has 6 nitrogen and oxygen atoms in total. The molecule has 1 aromatic rings. The zero-order chi connectivity index (χ0) is 13.8. The molecule has 100 valence electrons. The molecule has 0 aliphatic heterocycles. The third-order valence-corrected chi connectivity index (χ3v) is 3.82. The molecule has 0 unspecified atom stereocenters. The number of rotatable bonds is 6. The van der Waals surface area contributed by atoms with Crippen molar-refractivity contribution in [3.05, 3.63) is 33.9 Å². The molecule has 0 fully saturated rings. The van der Waals surface area contributed by atoms with Crippen LogP contribution in [-0.2, 0) is 10.0 Å². The predicted octanol–water partition coefficient (Wildman–Crippen LogP) is 2.45. The molecule has 1 rings (SSSR count). The molecule has 0 aliphatic carbocycles. The van der Waals surface area contributed by atoms with E-state index in [1.165, 1.54) is 18.2 Å². The van der Waals surface area contributed by atoms with Gasteiger partial charge in [-0.25, -0.2) is 8.42 Å². The van der Waals surface area contributed by atoms with Crippen LogP contribution in [0.4, 0.5) is 11.4 Å². The fraction of sp³-hybridized carbons (Fsp3) is 0.455. The molecule has 0 spiro atoms. The summed E-state index contributed by atoms with van der Waals surface area (Å²) in [7, 11) is -3.43. The third-order valence-electron chi connectivity index (χ3n) is 2.46. The lowest BCUT2D eigenvalue weighted by atomic mass is 10.2. The second-order valence-electron chi connectivity index (χ2n) is 4.03. The first-order chi connectivity index (χ1) is 8.35. The summed E-state index contributed by atoms with van der Waals surface area (Å²) in [5.74, 6) is 0.0195. The highest BCUT2D eigenvalue weighted by Gasteiger charge is 2.14. The Morgan fingerprint density at radius 2 is 2.06 bits per heavy atom. The van der Waals surface area contributed by atoms with Gasteiger partial charge in [0, 0.05) is 12.1 Å². The highest BCUT2D eigenvalue weighted by Crippen LogP contribution is 2.22. The van der Waals surface area contributed by atoms with Crippen LogP contribution in [0.1, 0.15) is 25.3 Å². The molecule has 18 heavy (non-hydrogen) atoms. The average Bonchev–Trinajstić information content (AvgIpc) is 2.29. The molecular weight excluding hydrogens is 256 g/mol. The van der Waals surface area contributed by atoms with E-state index in [1.807, 2.05) is 6.92 Å². The Hall–Kier alpha value is -1.63. The number of nitrogens with one attached hydrogen (secondary N) is 1. The van der Waals surface area contributed by atoms with E-state index in [0.717, 1.165) is 6.42 Å². The van der Waals surface area contributed by atoms with Gasteiger partial charge in [0.1, 0.15) is 0 Å². The summed E-state index contributed by atoms with van der Waals surface area (Å²) in [4.78, 5) is 10.1. The van der Waals surface area contributed by atoms with Crippen LogP contribution in [0.2, 0.25) is 0 Å². The van der Waals surface area contributed by atoms with Crippen LogP contribution in [0.25, 0.3) is 0 Å². The molecule has 1 N–H and O–H groups in total. The minimum Gasteiger partial charge on any atom is -0.283 e. The summed E-state index contributed by atoms with van der Waals surface area (Å²) < 4.78 is 25.8. The second kappa shape index (κ2) is 5.81. The van der Waals surface area contributed by atoms with Gasteiger partial charge in [0.15, 0.2) is 0 Å². The van der Waals surface area contributed by atoms with E-state index in [1.54, 1.807) is 6.92 Å². The Labute approximate surface area is 106 Å². The number of anilines is 1. The van der Waals surface area contributed by atoms with Crippen LogP contribution in [0, 0.1) is 17.0 Å². The quantitative estimate of drug-likeness (QED) is 0.636. The Kier molecular flexibility index (Phi) is 4.66. The third kappa shape index (κ3) is 3.99.